The molecule has 0 bridgehead atoms. The molecule has 1 aliphatic carbocycles. The number of hydrogen-bond acceptors (Lipinski definition) is 6. The minimum atomic E-state index is -0.383. The van der Waals surface area contributed by atoms with Gasteiger partial charge in [-0.3, -0.25) is 0 Å². The summed E-state index contributed by atoms with van der Waals surface area (Å²) in [5.41, 5.74) is 9.81. The molecule has 1 aliphatic heterocycles. The number of anilines is 1. The van der Waals surface area contributed by atoms with Crippen molar-refractivity contribution in [1.82, 2.24) is 10.2 Å². The van der Waals surface area contributed by atoms with E-state index in [1.54, 1.807) is 13.3 Å². The van der Waals surface area contributed by atoms with Crippen LogP contribution >= 0.6 is 0 Å². The Balaban J connectivity index is 1.56. The summed E-state index contributed by atoms with van der Waals surface area (Å²) in [4.78, 5) is 0. The number of nitrogens with two attached hydrogens (primary N) is 1. The predicted molar refractivity (Wildman–Crippen MR) is 114 cm³/mol. The molecule has 5 rings (SSSR count). The normalized spacial score (nSPS) is 26.1. The van der Waals surface area contributed by atoms with Gasteiger partial charge in [0.1, 0.15) is 5.75 Å². The first-order chi connectivity index (χ1) is 13.9. The van der Waals surface area contributed by atoms with Crippen LogP contribution in [0.2, 0.25) is 0 Å². The third kappa shape index (κ3) is 2.80. The van der Waals surface area contributed by atoms with Gasteiger partial charge in [-0.1, -0.05) is 18.2 Å². The van der Waals surface area contributed by atoms with E-state index < -0.39 is 0 Å². The summed E-state index contributed by atoms with van der Waals surface area (Å²) in [6, 6.07) is 12.0. The zero-order valence-electron chi connectivity index (χ0n) is 16.9. The maximum Gasteiger partial charge on any atom is 0.494 e. The lowest BCUT2D eigenvalue weighted by molar-refractivity contribution is 0.00578. The molecule has 2 aliphatic rings. The fourth-order valence-corrected chi connectivity index (χ4v) is 4.64. The molecule has 1 aromatic heterocycles. The highest BCUT2D eigenvalue weighted by molar-refractivity contribution is 6.62. The number of hydrogen-bond donors (Lipinski definition) is 1. The number of ether oxygens (including phenoxy) is 1. The Morgan fingerprint density at radius 2 is 1.83 bits per heavy atom. The van der Waals surface area contributed by atoms with Crippen molar-refractivity contribution in [1.29, 1.82) is 0 Å². The fourth-order valence-electron chi connectivity index (χ4n) is 4.64. The molecule has 6 nitrogen and oxygen atoms in total. The highest BCUT2D eigenvalue weighted by Crippen LogP contribution is 2.49. The summed E-state index contributed by atoms with van der Waals surface area (Å²) in [5.74, 6) is 0.778. The van der Waals surface area contributed by atoms with Crippen molar-refractivity contribution in [2.24, 2.45) is 0 Å². The molecular formula is C22H24BN3O3. The number of benzene rings is 2. The van der Waals surface area contributed by atoms with E-state index in [1.807, 2.05) is 30.3 Å². The SMILES string of the molecule is COc1ccc(B2O[C@]3(C)CCC[C@]3(C)O2)cc1-c1ccc2c(N)cnnc2c1. The molecule has 0 spiro atoms. The molecule has 3 aromatic rings. The Bertz CT molecular complexity index is 1090. The molecule has 0 radical (unpaired) electrons. The summed E-state index contributed by atoms with van der Waals surface area (Å²) in [7, 11) is 1.29. The van der Waals surface area contributed by atoms with Crippen LogP contribution in [0.3, 0.4) is 0 Å². The lowest BCUT2D eigenvalue weighted by Gasteiger charge is -2.32. The first-order valence-electron chi connectivity index (χ1n) is 9.97. The molecular weight excluding hydrogens is 365 g/mol. The first-order valence-corrected chi connectivity index (χ1v) is 9.97. The van der Waals surface area contributed by atoms with Gasteiger partial charge in [0.05, 0.1) is 35.7 Å². The van der Waals surface area contributed by atoms with Gasteiger partial charge < -0.3 is 19.8 Å². The average molecular weight is 389 g/mol. The fraction of sp³-hybridized carbons (Fsp3) is 0.364. The second kappa shape index (κ2) is 6.44. The maximum absolute atomic E-state index is 6.41. The van der Waals surface area contributed by atoms with Crippen molar-refractivity contribution in [2.75, 3.05) is 12.8 Å². The minimum Gasteiger partial charge on any atom is -0.496 e. The lowest BCUT2D eigenvalue weighted by Crippen LogP contribution is -2.41. The van der Waals surface area contributed by atoms with Crippen LogP contribution in [-0.4, -0.2) is 35.6 Å². The Morgan fingerprint density at radius 1 is 1.07 bits per heavy atom. The van der Waals surface area contributed by atoms with Crippen LogP contribution in [0.5, 0.6) is 5.75 Å². The van der Waals surface area contributed by atoms with Crippen LogP contribution < -0.4 is 15.9 Å². The molecule has 2 fully saturated rings. The molecule has 2 aromatic carbocycles. The molecule has 0 amide bonds. The highest BCUT2D eigenvalue weighted by atomic mass is 16.7. The van der Waals surface area contributed by atoms with Gasteiger partial charge in [0, 0.05) is 10.9 Å². The van der Waals surface area contributed by atoms with Gasteiger partial charge in [0.15, 0.2) is 0 Å². The molecule has 0 unspecified atom stereocenters. The van der Waals surface area contributed by atoms with Gasteiger partial charge >= 0.3 is 7.12 Å². The van der Waals surface area contributed by atoms with Crippen LogP contribution in [-0.2, 0) is 9.31 Å². The largest absolute Gasteiger partial charge is 0.496 e. The second-order valence-electron chi connectivity index (χ2n) is 8.37. The first kappa shape index (κ1) is 18.4. The van der Waals surface area contributed by atoms with E-state index in [0.29, 0.717) is 5.69 Å². The monoisotopic (exact) mass is 389 g/mol. The van der Waals surface area contributed by atoms with Gasteiger partial charge in [-0.05, 0) is 62.3 Å². The van der Waals surface area contributed by atoms with E-state index >= 15 is 0 Å². The zero-order valence-corrected chi connectivity index (χ0v) is 16.9. The Hall–Kier alpha value is -2.64. The predicted octanol–water partition coefficient (Wildman–Crippen LogP) is 3.33. The molecule has 148 valence electrons. The van der Waals surface area contributed by atoms with Crippen molar-refractivity contribution in [2.45, 2.75) is 44.3 Å². The van der Waals surface area contributed by atoms with Gasteiger partial charge in [-0.25, -0.2) is 0 Å². The highest BCUT2D eigenvalue weighted by Gasteiger charge is 2.59. The average Bonchev–Trinajstić information content (AvgIpc) is 3.14. The number of rotatable bonds is 3. The molecule has 29 heavy (non-hydrogen) atoms. The van der Waals surface area contributed by atoms with E-state index in [2.05, 4.69) is 30.1 Å². The number of nitrogen functional groups attached to an aromatic ring is 1. The molecule has 1 saturated carbocycles. The summed E-state index contributed by atoms with van der Waals surface area (Å²) in [6.45, 7) is 4.33. The molecule has 2 N–H and O–H groups in total. The summed E-state index contributed by atoms with van der Waals surface area (Å²) in [5, 5.41) is 9.08. The van der Waals surface area contributed by atoms with Crippen molar-refractivity contribution in [3.63, 3.8) is 0 Å². The van der Waals surface area contributed by atoms with Gasteiger partial charge in [-0.2, -0.15) is 10.2 Å². The van der Waals surface area contributed by atoms with Crippen molar-refractivity contribution >= 4 is 29.2 Å². The van der Waals surface area contributed by atoms with Crippen LogP contribution in [0.15, 0.2) is 42.6 Å². The quantitative estimate of drug-likeness (QED) is 0.693. The second-order valence-corrected chi connectivity index (χ2v) is 8.37. The Labute approximate surface area is 170 Å². The van der Waals surface area contributed by atoms with E-state index in [-0.39, 0.29) is 18.3 Å². The summed E-state index contributed by atoms with van der Waals surface area (Å²) >= 11 is 0. The van der Waals surface area contributed by atoms with Crippen molar-refractivity contribution in [3.8, 4) is 16.9 Å². The third-order valence-corrected chi connectivity index (χ3v) is 6.64. The van der Waals surface area contributed by atoms with Crippen LogP contribution in [0.1, 0.15) is 33.1 Å². The maximum atomic E-state index is 6.41. The Kier molecular flexibility index (Phi) is 4.08. The molecule has 2 heterocycles. The summed E-state index contributed by atoms with van der Waals surface area (Å²) < 4.78 is 18.4. The van der Waals surface area contributed by atoms with Crippen LogP contribution in [0, 0.1) is 0 Å². The van der Waals surface area contributed by atoms with Crippen molar-refractivity contribution in [3.05, 3.63) is 42.6 Å². The number of aromatic nitrogens is 2. The number of nitrogens with zero attached hydrogens (tertiary/aromatic N) is 2. The third-order valence-electron chi connectivity index (χ3n) is 6.64. The molecule has 7 heteroatoms. The number of methoxy groups -OCH3 is 1. The number of fused-ring (bicyclic) bond motifs is 2. The standard InChI is InChI=1S/C22H24BN3O3/c1-21-9-4-10-22(21,2)29-23(28-21)15-6-8-20(27-3)17(12-15)14-5-7-16-18(24)13-25-26-19(16)11-14/h5-8,11-13H,4,9-10H2,1-3H3,(H2,24,26)/t21-,22+. The zero-order chi connectivity index (χ0) is 20.2. The molecule has 1 saturated heterocycles. The topological polar surface area (TPSA) is 79.5 Å². The molecule has 2 atom stereocenters. The van der Waals surface area contributed by atoms with E-state index in [1.165, 1.54) is 0 Å². The smallest absolute Gasteiger partial charge is 0.494 e. The van der Waals surface area contributed by atoms with E-state index in [0.717, 1.165) is 52.5 Å². The van der Waals surface area contributed by atoms with Gasteiger partial charge in [0.2, 0.25) is 0 Å². The van der Waals surface area contributed by atoms with Crippen LogP contribution in [0.25, 0.3) is 22.0 Å². The van der Waals surface area contributed by atoms with Crippen molar-refractivity contribution < 1.29 is 14.0 Å². The Morgan fingerprint density at radius 3 is 2.55 bits per heavy atom. The lowest BCUT2D eigenvalue weighted by atomic mass is 9.77. The summed E-state index contributed by atoms with van der Waals surface area (Å²) in [6.07, 6.45) is 4.74. The van der Waals surface area contributed by atoms with Gasteiger partial charge in [0.25, 0.3) is 0 Å². The van der Waals surface area contributed by atoms with E-state index in [9.17, 15) is 0 Å². The van der Waals surface area contributed by atoms with Crippen LogP contribution in [0.4, 0.5) is 5.69 Å². The van der Waals surface area contributed by atoms with Gasteiger partial charge in [-0.15, -0.1) is 0 Å². The van der Waals surface area contributed by atoms with E-state index in [4.69, 9.17) is 19.8 Å². The minimum absolute atomic E-state index is 0.242.